The van der Waals surface area contributed by atoms with E-state index in [1.165, 1.54) is 12.1 Å². The number of hydrogen-bond acceptors (Lipinski definition) is 2. The third-order valence-electron chi connectivity index (χ3n) is 3.08. The van der Waals surface area contributed by atoms with Crippen molar-refractivity contribution in [2.24, 2.45) is 5.73 Å². The maximum absolute atomic E-state index is 13.0. The number of unbranched alkanes of at least 4 members (excludes halogenated alkanes) is 3. The number of hydrogen-bond donors (Lipinski definition) is 1. The molecule has 0 aromatic heterocycles. The quantitative estimate of drug-likeness (QED) is 0.750. The highest BCUT2D eigenvalue weighted by molar-refractivity contribution is 5.85. The third-order valence-corrected chi connectivity index (χ3v) is 3.08. The summed E-state index contributed by atoms with van der Waals surface area (Å²) in [7, 11) is 1.76. The lowest BCUT2D eigenvalue weighted by Gasteiger charge is -2.17. The van der Waals surface area contributed by atoms with Gasteiger partial charge in [0, 0.05) is 20.0 Å². The summed E-state index contributed by atoms with van der Waals surface area (Å²) in [6, 6.07) is 6.36. The van der Waals surface area contributed by atoms with Crippen LogP contribution < -0.4 is 5.73 Å². The Morgan fingerprint density at radius 1 is 1.25 bits per heavy atom. The van der Waals surface area contributed by atoms with Gasteiger partial charge in [0.15, 0.2) is 0 Å². The van der Waals surface area contributed by atoms with Crippen LogP contribution in [0.3, 0.4) is 0 Å². The molecule has 1 aromatic carbocycles. The predicted molar refractivity (Wildman–Crippen MR) is 82.3 cm³/mol. The summed E-state index contributed by atoms with van der Waals surface area (Å²) < 4.78 is 13.0. The van der Waals surface area contributed by atoms with Gasteiger partial charge in [-0.05, 0) is 37.1 Å². The maximum atomic E-state index is 13.0. The second-order valence-corrected chi connectivity index (χ2v) is 4.83. The fraction of sp³-hybridized carbons (Fsp3) is 0.533. The molecule has 114 valence electrons. The lowest BCUT2D eigenvalue weighted by molar-refractivity contribution is -0.130. The standard InChI is InChI=1S/C15H23FN2O.ClH/c1-18(12-13-7-6-8-14(16)11-13)15(19)9-4-2-3-5-10-17;/h6-8,11H,2-5,9-10,12,17H2,1H3;1H. The van der Waals surface area contributed by atoms with Crippen LogP contribution in [0.1, 0.15) is 37.7 Å². The Balaban J connectivity index is 0.00000361. The third kappa shape index (κ3) is 7.46. The molecule has 20 heavy (non-hydrogen) atoms. The summed E-state index contributed by atoms with van der Waals surface area (Å²) in [6.07, 6.45) is 4.59. The van der Waals surface area contributed by atoms with Crippen LogP contribution in [-0.4, -0.2) is 24.4 Å². The van der Waals surface area contributed by atoms with Gasteiger partial charge in [-0.15, -0.1) is 12.4 Å². The highest BCUT2D eigenvalue weighted by Gasteiger charge is 2.09. The van der Waals surface area contributed by atoms with E-state index in [1.807, 2.05) is 6.07 Å². The summed E-state index contributed by atoms with van der Waals surface area (Å²) in [4.78, 5) is 13.5. The number of nitrogens with two attached hydrogens (primary N) is 1. The van der Waals surface area contributed by atoms with Gasteiger partial charge in [0.05, 0.1) is 0 Å². The van der Waals surface area contributed by atoms with Gasteiger partial charge in [0.2, 0.25) is 5.91 Å². The van der Waals surface area contributed by atoms with E-state index in [4.69, 9.17) is 5.73 Å². The van der Waals surface area contributed by atoms with Gasteiger partial charge in [-0.2, -0.15) is 0 Å². The van der Waals surface area contributed by atoms with Gasteiger partial charge in [0.25, 0.3) is 0 Å². The molecular formula is C15H24ClFN2O. The molecule has 1 aromatic rings. The molecule has 0 fully saturated rings. The first-order chi connectivity index (χ1) is 9.13. The average molecular weight is 303 g/mol. The minimum Gasteiger partial charge on any atom is -0.341 e. The Morgan fingerprint density at radius 3 is 2.60 bits per heavy atom. The molecule has 0 spiro atoms. The first-order valence-corrected chi connectivity index (χ1v) is 6.82. The van der Waals surface area contributed by atoms with E-state index in [1.54, 1.807) is 18.0 Å². The highest BCUT2D eigenvalue weighted by Crippen LogP contribution is 2.09. The zero-order chi connectivity index (χ0) is 14.1. The molecule has 0 aliphatic carbocycles. The van der Waals surface area contributed by atoms with E-state index >= 15 is 0 Å². The number of amides is 1. The largest absolute Gasteiger partial charge is 0.341 e. The Morgan fingerprint density at radius 2 is 1.95 bits per heavy atom. The molecule has 0 saturated carbocycles. The Kier molecular flexibility index (Phi) is 10.0. The van der Waals surface area contributed by atoms with Gasteiger partial charge in [-0.25, -0.2) is 4.39 Å². The van der Waals surface area contributed by atoms with Crippen molar-refractivity contribution in [2.75, 3.05) is 13.6 Å². The molecule has 0 radical (unpaired) electrons. The second-order valence-electron chi connectivity index (χ2n) is 4.83. The summed E-state index contributed by atoms with van der Waals surface area (Å²) >= 11 is 0. The molecule has 0 aliphatic heterocycles. The molecule has 5 heteroatoms. The molecule has 1 rings (SSSR count). The molecule has 1 amide bonds. The first kappa shape index (κ1) is 18.9. The monoisotopic (exact) mass is 302 g/mol. The fourth-order valence-electron chi connectivity index (χ4n) is 1.96. The molecule has 0 atom stereocenters. The number of carbonyl (C=O) groups excluding carboxylic acids is 1. The minimum atomic E-state index is -0.264. The average Bonchev–Trinajstić information content (AvgIpc) is 2.38. The summed E-state index contributed by atoms with van der Waals surface area (Å²) in [6.45, 7) is 1.17. The van der Waals surface area contributed by atoms with Crippen molar-refractivity contribution in [3.05, 3.63) is 35.6 Å². The van der Waals surface area contributed by atoms with Crippen LogP contribution in [0.15, 0.2) is 24.3 Å². The number of rotatable bonds is 8. The Hall–Kier alpha value is -1.13. The van der Waals surface area contributed by atoms with Gasteiger partial charge in [0.1, 0.15) is 5.82 Å². The van der Waals surface area contributed by atoms with E-state index < -0.39 is 0 Å². The van der Waals surface area contributed by atoms with E-state index in [0.29, 0.717) is 19.5 Å². The SMILES string of the molecule is CN(Cc1cccc(F)c1)C(=O)CCCCCCN.Cl. The van der Waals surface area contributed by atoms with Crippen molar-refractivity contribution >= 4 is 18.3 Å². The molecular weight excluding hydrogens is 279 g/mol. The van der Waals surface area contributed by atoms with E-state index in [0.717, 1.165) is 31.2 Å². The van der Waals surface area contributed by atoms with Crippen LogP contribution in [0.25, 0.3) is 0 Å². The summed E-state index contributed by atoms with van der Waals surface area (Å²) in [5.41, 5.74) is 6.23. The smallest absolute Gasteiger partial charge is 0.222 e. The zero-order valence-electron chi connectivity index (χ0n) is 12.0. The Labute approximate surface area is 126 Å². The van der Waals surface area contributed by atoms with E-state index in [-0.39, 0.29) is 24.1 Å². The molecule has 0 bridgehead atoms. The van der Waals surface area contributed by atoms with Crippen LogP contribution in [0, 0.1) is 5.82 Å². The van der Waals surface area contributed by atoms with Crippen molar-refractivity contribution in [1.82, 2.24) is 4.90 Å². The molecule has 3 nitrogen and oxygen atoms in total. The molecule has 2 N–H and O–H groups in total. The van der Waals surface area contributed by atoms with E-state index in [2.05, 4.69) is 0 Å². The molecule has 0 aliphatic rings. The van der Waals surface area contributed by atoms with Crippen molar-refractivity contribution in [3.8, 4) is 0 Å². The highest BCUT2D eigenvalue weighted by atomic mass is 35.5. The van der Waals surface area contributed by atoms with Crippen LogP contribution in [0.5, 0.6) is 0 Å². The van der Waals surface area contributed by atoms with Crippen molar-refractivity contribution in [1.29, 1.82) is 0 Å². The normalized spacial score (nSPS) is 9.95. The van der Waals surface area contributed by atoms with Crippen molar-refractivity contribution < 1.29 is 9.18 Å². The van der Waals surface area contributed by atoms with Crippen molar-refractivity contribution in [2.45, 2.75) is 38.6 Å². The number of benzene rings is 1. The van der Waals surface area contributed by atoms with Crippen molar-refractivity contribution in [3.63, 3.8) is 0 Å². The van der Waals surface area contributed by atoms with Gasteiger partial charge in [-0.3, -0.25) is 4.79 Å². The second kappa shape index (κ2) is 10.6. The van der Waals surface area contributed by atoms with Crippen LogP contribution in [-0.2, 0) is 11.3 Å². The molecule has 0 heterocycles. The lowest BCUT2D eigenvalue weighted by atomic mass is 10.1. The number of nitrogens with zero attached hydrogens (tertiary/aromatic N) is 1. The van der Waals surface area contributed by atoms with Gasteiger partial charge >= 0.3 is 0 Å². The summed E-state index contributed by atoms with van der Waals surface area (Å²) in [5, 5.41) is 0. The predicted octanol–water partition coefficient (Wildman–Crippen LogP) is 3.12. The summed E-state index contributed by atoms with van der Waals surface area (Å²) in [5.74, 6) is -0.155. The number of halogens is 2. The molecule has 0 unspecified atom stereocenters. The van der Waals surface area contributed by atoms with Gasteiger partial charge < -0.3 is 10.6 Å². The van der Waals surface area contributed by atoms with Crippen LogP contribution in [0.2, 0.25) is 0 Å². The van der Waals surface area contributed by atoms with E-state index in [9.17, 15) is 9.18 Å². The Bertz CT molecular complexity index is 401. The van der Waals surface area contributed by atoms with Crippen LogP contribution >= 0.6 is 12.4 Å². The maximum Gasteiger partial charge on any atom is 0.222 e. The minimum absolute atomic E-state index is 0. The van der Waals surface area contributed by atoms with Gasteiger partial charge in [-0.1, -0.05) is 25.0 Å². The topological polar surface area (TPSA) is 46.3 Å². The number of carbonyl (C=O) groups is 1. The van der Waals surface area contributed by atoms with Crippen LogP contribution in [0.4, 0.5) is 4.39 Å². The fourth-order valence-corrected chi connectivity index (χ4v) is 1.96. The first-order valence-electron chi connectivity index (χ1n) is 6.82. The zero-order valence-corrected chi connectivity index (χ0v) is 12.8. The molecule has 0 saturated heterocycles. The lowest BCUT2D eigenvalue weighted by Crippen LogP contribution is -2.25.